The number of hydrogen-bond donors (Lipinski definition) is 0. The number of ether oxygens (including phenoxy) is 2. The molecule has 0 aliphatic rings. The fraction of sp³-hybridized carbons (Fsp3) is 0.133. The summed E-state index contributed by atoms with van der Waals surface area (Å²) in [6.45, 7) is 0.190. The van der Waals surface area contributed by atoms with Crippen LogP contribution in [-0.2, 0) is 6.61 Å². The fourth-order valence-electron chi connectivity index (χ4n) is 1.73. The number of methoxy groups -OCH3 is 1. The molecular formula is C15H11BrClFO3. The Hall–Kier alpha value is -1.59. The molecule has 0 fully saturated rings. The van der Waals surface area contributed by atoms with E-state index >= 15 is 0 Å². The van der Waals surface area contributed by atoms with Gasteiger partial charge in [0.15, 0.2) is 11.5 Å². The van der Waals surface area contributed by atoms with Gasteiger partial charge in [-0.2, -0.15) is 0 Å². The molecule has 0 spiro atoms. The van der Waals surface area contributed by atoms with Gasteiger partial charge < -0.3 is 9.47 Å². The van der Waals surface area contributed by atoms with E-state index in [2.05, 4.69) is 15.9 Å². The van der Waals surface area contributed by atoms with Gasteiger partial charge in [0, 0.05) is 5.56 Å². The molecule has 2 aromatic carbocycles. The van der Waals surface area contributed by atoms with Gasteiger partial charge in [0.1, 0.15) is 18.7 Å². The lowest BCUT2D eigenvalue weighted by molar-refractivity contribution is 0.112. The first-order valence-electron chi connectivity index (χ1n) is 5.94. The number of carbonyl (C=O) groups is 1. The van der Waals surface area contributed by atoms with Gasteiger partial charge in [-0.25, -0.2) is 4.39 Å². The van der Waals surface area contributed by atoms with Crippen LogP contribution in [0.4, 0.5) is 4.39 Å². The van der Waals surface area contributed by atoms with E-state index in [1.807, 2.05) is 0 Å². The molecule has 0 aliphatic heterocycles. The summed E-state index contributed by atoms with van der Waals surface area (Å²) in [7, 11) is 1.46. The number of benzene rings is 2. The van der Waals surface area contributed by atoms with Crippen molar-refractivity contribution in [2.45, 2.75) is 6.61 Å². The van der Waals surface area contributed by atoms with Crippen molar-refractivity contribution < 1.29 is 18.7 Å². The molecule has 0 bridgehead atoms. The smallest absolute Gasteiger partial charge is 0.180 e. The molecule has 6 heteroatoms. The van der Waals surface area contributed by atoms with E-state index in [0.717, 1.165) is 5.56 Å². The molecule has 3 nitrogen and oxygen atoms in total. The topological polar surface area (TPSA) is 35.5 Å². The lowest BCUT2D eigenvalue weighted by atomic mass is 10.2. The Morgan fingerprint density at radius 3 is 2.71 bits per heavy atom. The zero-order valence-corrected chi connectivity index (χ0v) is 13.4. The highest BCUT2D eigenvalue weighted by atomic mass is 79.9. The molecule has 0 saturated carbocycles. The standard InChI is InChI=1S/C15H11BrClFO3/c1-20-14-6-10(7-19)5-12(17)15(14)21-8-9-2-3-13(18)11(16)4-9/h2-7H,8H2,1H3. The lowest BCUT2D eigenvalue weighted by Gasteiger charge is -2.13. The summed E-state index contributed by atoms with van der Waals surface area (Å²) >= 11 is 9.20. The summed E-state index contributed by atoms with van der Waals surface area (Å²) in [4.78, 5) is 10.8. The first-order chi connectivity index (χ1) is 10.0. The summed E-state index contributed by atoms with van der Waals surface area (Å²) in [5, 5.41) is 0.276. The molecule has 2 rings (SSSR count). The van der Waals surface area contributed by atoms with Crippen molar-refractivity contribution >= 4 is 33.8 Å². The van der Waals surface area contributed by atoms with Crippen LogP contribution in [-0.4, -0.2) is 13.4 Å². The van der Waals surface area contributed by atoms with Crippen LogP contribution in [0.5, 0.6) is 11.5 Å². The second kappa shape index (κ2) is 6.91. The third-order valence-corrected chi connectivity index (χ3v) is 3.64. The maximum atomic E-state index is 13.2. The predicted molar refractivity (Wildman–Crippen MR) is 81.8 cm³/mol. The van der Waals surface area contributed by atoms with E-state index in [4.69, 9.17) is 21.1 Å². The Balaban J connectivity index is 2.23. The second-order valence-corrected chi connectivity index (χ2v) is 5.45. The first-order valence-corrected chi connectivity index (χ1v) is 7.11. The first kappa shape index (κ1) is 15.8. The fourth-order valence-corrected chi connectivity index (χ4v) is 2.43. The molecule has 0 saturated heterocycles. The summed E-state index contributed by atoms with van der Waals surface area (Å²) in [5.74, 6) is 0.362. The third-order valence-electron chi connectivity index (χ3n) is 2.76. The number of carbonyl (C=O) groups excluding carboxylic acids is 1. The van der Waals surface area contributed by atoms with Crippen molar-refractivity contribution in [3.8, 4) is 11.5 Å². The molecular weight excluding hydrogens is 363 g/mol. The van der Waals surface area contributed by atoms with E-state index in [0.29, 0.717) is 27.8 Å². The predicted octanol–water partition coefficient (Wildman–Crippen LogP) is 4.64. The maximum Gasteiger partial charge on any atom is 0.180 e. The van der Waals surface area contributed by atoms with Crippen molar-refractivity contribution in [2.75, 3.05) is 7.11 Å². The third kappa shape index (κ3) is 3.74. The molecule has 21 heavy (non-hydrogen) atoms. The van der Waals surface area contributed by atoms with Crippen LogP contribution >= 0.6 is 27.5 Å². The summed E-state index contributed by atoms with van der Waals surface area (Å²) in [5.41, 5.74) is 1.16. The molecule has 0 amide bonds. The van der Waals surface area contributed by atoms with Crippen LogP contribution in [0.1, 0.15) is 15.9 Å². The van der Waals surface area contributed by atoms with Crippen molar-refractivity contribution in [3.63, 3.8) is 0 Å². The van der Waals surface area contributed by atoms with Gasteiger partial charge in [0.25, 0.3) is 0 Å². The Bertz CT molecular complexity index is 676. The Kier molecular flexibility index (Phi) is 5.20. The summed E-state index contributed by atoms with van der Waals surface area (Å²) in [6, 6.07) is 7.61. The van der Waals surface area contributed by atoms with Gasteiger partial charge in [0.2, 0.25) is 0 Å². The van der Waals surface area contributed by atoms with Crippen LogP contribution in [0.25, 0.3) is 0 Å². The van der Waals surface area contributed by atoms with Crippen LogP contribution in [0.2, 0.25) is 5.02 Å². The van der Waals surface area contributed by atoms with Gasteiger partial charge in [-0.1, -0.05) is 17.7 Å². The number of aldehydes is 1. The second-order valence-electron chi connectivity index (χ2n) is 4.19. The molecule has 2 aromatic rings. The lowest BCUT2D eigenvalue weighted by Crippen LogP contribution is -2.00. The Labute approximate surface area is 134 Å². The average Bonchev–Trinajstić information content (AvgIpc) is 2.48. The largest absolute Gasteiger partial charge is 0.493 e. The number of rotatable bonds is 5. The quantitative estimate of drug-likeness (QED) is 0.716. The van der Waals surface area contributed by atoms with Crippen molar-refractivity contribution in [3.05, 3.63) is 56.8 Å². The van der Waals surface area contributed by atoms with Crippen LogP contribution < -0.4 is 9.47 Å². The molecule has 0 atom stereocenters. The minimum Gasteiger partial charge on any atom is -0.493 e. The zero-order chi connectivity index (χ0) is 15.4. The zero-order valence-electron chi connectivity index (χ0n) is 11.0. The van der Waals surface area contributed by atoms with Gasteiger partial charge in [-0.3, -0.25) is 4.79 Å². The molecule has 0 N–H and O–H groups in total. The highest BCUT2D eigenvalue weighted by molar-refractivity contribution is 9.10. The monoisotopic (exact) mass is 372 g/mol. The highest BCUT2D eigenvalue weighted by Crippen LogP contribution is 2.36. The van der Waals surface area contributed by atoms with E-state index in [-0.39, 0.29) is 17.4 Å². The minimum absolute atomic E-state index is 0.190. The van der Waals surface area contributed by atoms with Crippen molar-refractivity contribution in [2.24, 2.45) is 0 Å². The van der Waals surface area contributed by atoms with E-state index in [1.54, 1.807) is 12.1 Å². The maximum absolute atomic E-state index is 13.2. The Morgan fingerprint density at radius 1 is 1.33 bits per heavy atom. The summed E-state index contributed by atoms with van der Waals surface area (Å²) < 4.78 is 24.3. The van der Waals surface area contributed by atoms with E-state index < -0.39 is 0 Å². The highest BCUT2D eigenvalue weighted by Gasteiger charge is 2.12. The van der Waals surface area contributed by atoms with Gasteiger partial charge in [-0.05, 0) is 45.8 Å². The molecule has 110 valence electrons. The summed E-state index contributed by atoms with van der Waals surface area (Å²) in [6.07, 6.45) is 0.676. The van der Waals surface area contributed by atoms with Crippen LogP contribution in [0.3, 0.4) is 0 Å². The van der Waals surface area contributed by atoms with Gasteiger partial charge in [0.05, 0.1) is 16.6 Å². The van der Waals surface area contributed by atoms with Gasteiger partial charge >= 0.3 is 0 Å². The average molecular weight is 374 g/mol. The van der Waals surface area contributed by atoms with Crippen LogP contribution in [0, 0.1) is 5.82 Å². The molecule has 0 aromatic heterocycles. The molecule has 0 radical (unpaired) electrons. The minimum atomic E-state index is -0.343. The van der Waals surface area contributed by atoms with Crippen molar-refractivity contribution in [1.82, 2.24) is 0 Å². The molecule has 0 heterocycles. The van der Waals surface area contributed by atoms with E-state index in [9.17, 15) is 9.18 Å². The van der Waals surface area contributed by atoms with Gasteiger partial charge in [-0.15, -0.1) is 0 Å². The SMILES string of the molecule is COc1cc(C=O)cc(Cl)c1OCc1ccc(F)c(Br)c1. The molecule has 0 aliphatic carbocycles. The normalized spacial score (nSPS) is 10.3. The molecule has 0 unspecified atom stereocenters. The number of hydrogen-bond acceptors (Lipinski definition) is 3. The van der Waals surface area contributed by atoms with Crippen LogP contribution in [0.15, 0.2) is 34.8 Å². The number of halogens is 3. The Morgan fingerprint density at radius 2 is 2.10 bits per heavy atom. The van der Waals surface area contributed by atoms with Crippen molar-refractivity contribution in [1.29, 1.82) is 0 Å². The van der Waals surface area contributed by atoms with E-state index in [1.165, 1.54) is 25.3 Å².